The van der Waals surface area contributed by atoms with E-state index < -0.39 is 0 Å². The standard InChI is InChI=1S/C27H30N4O2/c1-3-29-14-16-30(17-15-29)20-23-19-28-31(27(23)26-5-4-18-33-26)24-10-6-21(7-11-24)22-8-12-25(32-2)13-9-22/h4-13,18-19H,3,14-17,20H2,1-2H3. The van der Waals surface area contributed by atoms with E-state index in [1.165, 1.54) is 5.56 Å². The summed E-state index contributed by atoms with van der Waals surface area (Å²) in [5.74, 6) is 1.70. The number of likely N-dealkylation sites (N-methyl/N-ethyl adjacent to an activating group) is 1. The molecule has 1 fully saturated rings. The Hall–Kier alpha value is -3.35. The molecule has 0 saturated carbocycles. The van der Waals surface area contributed by atoms with Gasteiger partial charge in [-0.1, -0.05) is 31.2 Å². The Balaban J connectivity index is 1.42. The largest absolute Gasteiger partial charge is 0.497 e. The highest BCUT2D eigenvalue weighted by Gasteiger charge is 2.21. The van der Waals surface area contributed by atoms with E-state index in [0.29, 0.717) is 0 Å². The van der Waals surface area contributed by atoms with Crippen molar-refractivity contribution >= 4 is 0 Å². The van der Waals surface area contributed by atoms with Gasteiger partial charge in [0, 0.05) is 38.3 Å². The van der Waals surface area contributed by atoms with Crippen LogP contribution < -0.4 is 4.74 Å². The number of nitrogens with zero attached hydrogens (tertiary/aromatic N) is 4. The zero-order valence-electron chi connectivity index (χ0n) is 19.3. The number of furan rings is 1. The maximum absolute atomic E-state index is 5.82. The highest BCUT2D eigenvalue weighted by molar-refractivity contribution is 5.67. The van der Waals surface area contributed by atoms with Crippen molar-refractivity contribution in [3.05, 3.63) is 78.7 Å². The van der Waals surface area contributed by atoms with Gasteiger partial charge in [0.15, 0.2) is 5.76 Å². The van der Waals surface area contributed by atoms with Crippen LogP contribution in [0.3, 0.4) is 0 Å². The van der Waals surface area contributed by atoms with Gasteiger partial charge in [0.2, 0.25) is 0 Å². The Labute approximate surface area is 195 Å². The van der Waals surface area contributed by atoms with Crippen LogP contribution in [-0.2, 0) is 6.54 Å². The number of rotatable bonds is 7. The molecule has 6 heteroatoms. The first kappa shape index (κ1) is 21.5. The lowest BCUT2D eigenvalue weighted by Gasteiger charge is -2.33. The summed E-state index contributed by atoms with van der Waals surface area (Å²) in [5, 5.41) is 4.77. The summed E-state index contributed by atoms with van der Waals surface area (Å²) in [6.07, 6.45) is 3.71. The zero-order valence-corrected chi connectivity index (χ0v) is 19.3. The van der Waals surface area contributed by atoms with Crippen molar-refractivity contribution in [1.29, 1.82) is 0 Å². The fraction of sp³-hybridized carbons (Fsp3) is 0.296. The van der Waals surface area contributed by atoms with Crippen LogP contribution in [0.1, 0.15) is 12.5 Å². The summed E-state index contributed by atoms with van der Waals surface area (Å²) in [6, 6.07) is 20.6. The molecule has 0 radical (unpaired) electrons. The SMILES string of the molecule is CCN1CCN(Cc2cnn(-c3ccc(-c4ccc(OC)cc4)cc3)c2-c2ccco2)CC1. The van der Waals surface area contributed by atoms with Gasteiger partial charge in [0.1, 0.15) is 11.4 Å². The van der Waals surface area contributed by atoms with Gasteiger partial charge in [-0.25, -0.2) is 4.68 Å². The van der Waals surface area contributed by atoms with E-state index in [-0.39, 0.29) is 0 Å². The third-order valence-corrected chi connectivity index (χ3v) is 6.44. The molecular weight excluding hydrogens is 412 g/mol. The molecule has 170 valence electrons. The van der Waals surface area contributed by atoms with E-state index in [1.54, 1.807) is 13.4 Å². The van der Waals surface area contributed by atoms with E-state index in [9.17, 15) is 0 Å². The molecule has 5 rings (SSSR count). The summed E-state index contributed by atoms with van der Waals surface area (Å²) in [4.78, 5) is 5.00. The first-order valence-corrected chi connectivity index (χ1v) is 11.6. The fourth-order valence-electron chi connectivity index (χ4n) is 4.45. The highest BCUT2D eigenvalue weighted by atomic mass is 16.5. The van der Waals surface area contributed by atoms with Crippen LogP contribution in [0.15, 0.2) is 77.5 Å². The number of methoxy groups -OCH3 is 1. The van der Waals surface area contributed by atoms with Gasteiger partial charge in [-0.05, 0) is 54.1 Å². The lowest BCUT2D eigenvalue weighted by Crippen LogP contribution is -2.45. The Morgan fingerprint density at radius 3 is 2.15 bits per heavy atom. The Kier molecular flexibility index (Phi) is 6.28. The van der Waals surface area contributed by atoms with Crippen LogP contribution >= 0.6 is 0 Å². The van der Waals surface area contributed by atoms with Gasteiger partial charge >= 0.3 is 0 Å². The maximum Gasteiger partial charge on any atom is 0.152 e. The van der Waals surface area contributed by atoms with Crippen LogP contribution in [0.5, 0.6) is 5.75 Å². The zero-order chi connectivity index (χ0) is 22.6. The minimum atomic E-state index is 0.842. The molecule has 33 heavy (non-hydrogen) atoms. The summed E-state index contributed by atoms with van der Waals surface area (Å²) in [6.45, 7) is 8.61. The molecule has 1 aliphatic heterocycles. The van der Waals surface area contributed by atoms with Crippen LogP contribution in [0.2, 0.25) is 0 Å². The third kappa shape index (κ3) is 4.58. The van der Waals surface area contributed by atoms with Crippen LogP contribution in [0, 0.1) is 0 Å². The molecule has 0 amide bonds. The lowest BCUT2D eigenvalue weighted by molar-refractivity contribution is 0.132. The number of hydrogen-bond acceptors (Lipinski definition) is 5. The van der Waals surface area contributed by atoms with Crippen LogP contribution in [0.25, 0.3) is 28.3 Å². The second-order valence-electron chi connectivity index (χ2n) is 8.39. The average Bonchev–Trinajstić information content (AvgIpc) is 3.55. The van der Waals surface area contributed by atoms with E-state index in [0.717, 1.165) is 73.3 Å². The van der Waals surface area contributed by atoms with E-state index in [4.69, 9.17) is 14.3 Å². The molecule has 6 nitrogen and oxygen atoms in total. The monoisotopic (exact) mass is 442 g/mol. The molecule has 4 aromatic rings. The Morgan fingerprint density at radius 2 is 1.55 bits per heavy atom. The predicted molar refractivity (Wildman–Crippen MR) is 131 cm³/mol. The van der Waals surface area contributed by atoms with Crippen molar-refractivity contribution in [1.82, 2.24) is 19.6 Å². The second kappa shape index (κ2) is 9.65. The first-order chi connectivity index (χ1) is 16.2. The van der Waals surface area contributed by atoms with Crippen LogP contribution in [0.4, 0.5) is 0 Å². The van der Waals surface area contributed by atoms with Gasteiger partial charge < -0.3 is 14.1 Å². The molecule has 3 heterocycles. The molecule has 2 aromatic carbocycles. The summed E-state index contributed by atoms with van der Waals surface area (Å²) in [7, 11) is 1.68. The van der Waals surface area contributed by atoms with Crippen molar-refractivity contribution in [3.8, 4) is 34.0 Å². The molecule has 0 bridgehead atoms. The van der Waals surface area contributed by atoms with Gasteiger partial charge in [-0.3, -0.25) is 4.90 Å². The maximum atomic E-state index is 5.82. The summed E-state index contributed by atoms with van der Waals surface area (Å²) >= 11 is 0. The molecule has 0 unspecified atom stereocenters. The topological polar surface area (TPSA) is 46.7 Å². The molecule has 1 aliphatic rings. The molecule has 0 atom stereocenters. The number of ether oxygens (including phenoxy) is 1. The van der Waals surface area contributed by atoms with Crippen molar-refractivity contribution in [2.24, 2.45) is 0 Å². The highest BCUT2D eigenvalue weighted by Crippen LogP contribution is 2.30. The van der Waals surface area contributed by atoms with Crippen molar-refractivity contribution < 1.29 is 9.15 Å². The average molecular weight is 443 g/mol. The number of piperazine rings is 1. The Morgan fingerprint density at radius 1 is 0.879 bits per heavy atom. The minimum Gasteiger partial charge on any atom is -0.497 e. The summed E-state index contributed by atoms with van der Waals surface area (Å²) < 4.78 is 13.1. The van der Waals surface area contributed by atoms with Crippen molar-refractivity contribution in [3.63, 3.8) is 0 Å². The van der Waals surface area contributed by atoms with Gasteiger partial charge in [0.25, 0.3) is 0 Å². The van der Waals surface area contributed by atoms with Crippen LogP contribution in [-0.4, -0.2) is 59.4 Å². The number of aromatic nitrogens is 2. The normalized spacial score (nSPS) is 15.1. The number of benzene rings is 2. The molecule has 1 saturated heterocycles. The van der Waals surface area contributed by atoms with Gasteiger partial charge in [0.05, 0.1) is 25.3 Å². The van der Waals surface area contributed by atoms with E-state index in [1.807, 2.05) is 35.1 Å². The quantitative estimate of drug-likeness (QED) is 0.405. The van der Waals surface area contributed by atoms with Gasteiger partial charge in [-0.15, -0.1) is 0 Å². The minimum absolute atomic E-state index is 0.842. The molecule has 0 spiro atoms. The van der Waals surface area contributed by atoms with Gasteiger partial charge in [-0.2, -0.15) is 5.10 Å². The number of hydrogen-bond donors (Lipinski definition) is 0. The molecule has 2 aromatic heterocycles. The predicted octanol–water partition coefficient (Wildman–Crippen LogP) is 4.95. The molecule has 0 aliphatic carbocycles. The fourth-order valence-corrected chi connectivity index (χ4v) is 4.45. The second-order valence-corrected chi connectivity index (χ2v) is 8.39. The van der Waals surface area contributed by atoms with E-state index >= 15 is 0 Å². The lowest BCUT2D eigenvalue weighted by atomic mass is 10.1. The van der Waals surface area contributed by atoms with Crippen molar-refractivity contribution in [2.45, 2.75) is 13.5 Å². The summed E-state index contributed by atoms with van der Waals surface area (Å²) in [5.41, 5.74) is 5.54. The smallest absolute Gasteiger partial charge is 0.152 e. The third-order valence-electron chi connectivity index (χ3n) is 6.44. The molecule has 0 N–H and O–H groups in total. The van der Waals surface area contributed by atoms with E-state index in [2.05, 4.69) is 53.1 Å². The Bertz CT molecular complexity index is 1160. The van der Waals surface area contributed by atoms with Crippen molar-refractivity contribution in [2.75, 3.05) is 39.8 Å². The first-order valence-electron chi connectivity index (χ1n) is 11.6. The molecular formula is C27H30N4O2.